The van der Waals surface area contributed by atoms with Gasteiger partial charge >= 0.3 is 0 Å². The number of benzene rings is 2. The van der Waals surface area contributed by atoms with Gasteiger partial charge in [-0.1, -0.05) is 35.3 Å². The molecule has 0 aromatic heterocycles. The summed E-state index contributed by atoms with van der Waals surface area (Å²) in [5.74, 6) is 0.0782. The van der Waals surface area contributed by atoms with Crippen molar-refractivity contribution in [2.24, 2.45) is 5.14 Å². The van der Waals surface area contributed by atoms with Gasteiger partial charge in [-0.05, 0) is 49.2 Å². The molecule has 0 fully saturated rings. The predicted octanol–water partition coefficient (Wildman–Crippen LogP) is 2.77. The molecule has 0 aliphatic heterocycles. The lowest BCUT2D eigenvalue weighted by Crippen LogP contribution is -2.37. The lowest BCUT2D eigenvalue weighted by molar-refractivity contribution is -0.127. The van der Waals surface area contributed by atoms with Crippen LogP contribution >= 0.6 is 23.2 Å². The van der Waals surface area contributed by atoms with Crippen molar-refractivity contribution in [3.05, 3.63) is 58.1 Å². The van der Waals surface area contributed by atoms with Crippen molar-refractivity contribution in [1.29, 1.82) is 0 Å². The molecule has 1 amide bonds. The number of nitrogens with two attached hydrogens (primary N) is 1. The van der Waals surface area contributed by atoms with Gasteiger partial charge in [0, 0.05) is 11.6 Å². The van der Waals surface area contributed by atoms with Crippen LogP contribution in [-0.4, -0.2) is 27.0 Å². The standard InChI is InChI=1S/C17H18Cl2N2O4S/c1-11(25-16-7-4-13(18)10-15(16)19)17(22)21-9-8-12-2-5-14(6-3-12)26(20,23)24/h2-7,10-11H,8-9H2,1H3,(H,21,22)(H2,20,23,24). The molecule has 0 heterocycles. The summed E-state index contributed by atoms with van der Waals surface area (Å²) in [6, 6.07) is 10.9. The Kier molecular flexibility index (Phi) is 6.88. The number of amides is 1. The van der Waals surface area contributed by atoms with Crippen molar-refractivity contribution in [2.75, 3.05) is 6.54 Å². The smallest absolute Gasteiger partial charge is 0.260 e. The van der Waals surface area contributed by atoms with E-state index in [2.05, 4.69) is 5.32 Å². The first kappa shape index (κ1) is 20.5. The Labute approximate surface area is 162 Å². The van der Waals surface area contributed by atoms with Gasteiger partial charge in [0.2, 0.25) is 10.0 Å². The number of nitrogens with one attached hydrogen (secondary N) is 1. The molecule has 0 spiro atoms. The van der Waals surface area contributed by atoms with Crippen molar-refractivity contribution in [1.82, 2.24) is 5.32 Å². The Morgan fingerprint density at radius 1 is 1.19 bits per heavy atom. The number of carbonyl (C=O) groups is 1. The average molecular weight is 417 g/mol. The van der Waals surface area contributed by atoms with Crippen molar-refractivity contribution in [2.45, 2.75) is 24.3 Å². The quantitative estimate of drug-likeness (QED) is 0.724. The van der Waals surface area contributed by atoms with E-state index in [9.17, 15) is 13.2 Å². The van der Waals surface area contributed by atoms with E-state index >= 15 is 0 Å². The topological polar surface area (TPSA) is 98.5 Å². The lowest BCUT2D eigenvalue weighted by Gasteiger charge is -2.15. The van der Waals surface area contributed by atoms with Crippen molar-refractivity contribution in [3.63, 3.8) is 0 Å². The van der Waals surface area contributed by atoms with Crippen molar-refractivity contribution >= 4 is 39.1 Å². The summed E-state index contributed by atoms with van der Waals surface area (Å²) in [6.45, 7) is 1.98. The number of sulfonamides is 1. The average Bonchev–Trinajstić information content (AvgIpc) is 2.57. The maximum absolute atomic E-state index is 12.1. The van der Waals surface area contributed by atoms with Gasteiger partial charge in [0.25, 0.3) is 5.91 Å². The van der Waals surface area contributed by atoms with Crippen molar-refractivity contribution in [3.8, 4) is 5.75 Å². The minimum absolute atomic E-state index is 0.0483. The third-order valence-corrected chi connectivity index (χ3v) is 4.99. The first-order valence-corrected chi connectivity index (χ1v) is 9.98. The van der Waals surface area contributed by atoms with Crippen molar-refractivity contribution < 1.29 is 17.9 Å². The van der Waals surface area contributed by atoms with Crippen LogP contribution in [0.25, 0.3) is 0 Å². The number of rotatable bonds is 7. The second-order valence-corrected chi connectivity index (χ2v) is 7.97. The van der Waals surface area contributed by atoms with Gasteiger partial charge in [-0.15, -0.1) is 0 Å². The summed E-state index contributed by atoms with van der Waals surface area (Å²) < 4.78 is 27.9. The summed E-state index contributed by atoms with van der Waals surface area (Å²) in [5.41, 5.74) is 0.868. The van der Waals surface area contributed by atoms with E-state index in [4.69, 9.17) is 33.1 Å². The Bertz CT molecular complexity index is 886. The van der Waals surface area contributed by atoms with E-state index in [1.54, 1.807) is 31.2 Å². The zero-order valence-electron chi connectivity index (χ0n) is 13.9. The molecule has 1 unspecified atom stereocenters. The second kappa shape index (κ2) is 8.73. The van der Waals surface area contributed by atoms with Crippen LogP contribution in [0.5, 0.6) is 5.75 Å². The predicted molar refractivity (Wildman–Crippen MR) is 101 cm³/mol. The van der Waals surface area contributed by atoms with E-state index in [1.807, 2.05) is 0 Å². The molecular formula is C17H18Cl2N2O4S. The fourth-order valence-corrected chi connectivity index (χ4v) is 3.10. The summed E-state index contributed by atoms with van der Waals surface area (Å²) in [4.78, 5) is 12.1. The van der Waals surface area contributed by atoms with E-state index in [-0.39, 0.29) is 10.8 Å². The molecule has 26 heavy (non-hydrogen) atoms. The molecule has 2 aromatic carbocycles. The summed E-state index contributed by atoms with van der Waals surface area (Å²) in [7, 11) is -3.71. The molecule has 2 rings (SSSR count). The highest BCUT2D eigenvalue weighted by Crippen LogP contribution is 2.28. The van der Waals surface area contributed by atoms with Gasteiger partial charge in [-0.2, -0.15) is 0 Å². The fourth-order valence-electron chi connectivity index (χ4n) is 2.13. The Balaban J connectivity index is 1.84. The normalized spacial score (nSPS) is 12.5. The van der Waals surface area contributed by atoms with E-state index < -0.39 is 16.1 Å². The molecule has 0 aliphatic carbocycles. The van der Waals surface area contributed by atoms with Crippen LogP contribution in [0.2, 0.25) is 10.0 Å². The monoisotopic (exact) mass is 416 g/mol. The number of hydrogen-bond acceptors (Lipinski definition) is 4. The highest BCUT2D eigenvalue weighted by molar-refractivity contribution is 7.89. The summed E-state index contributed by atoms with van der Waals surface area (Å²) in [6.07, 6.45) is -0.205. The molecule has 0 saturated heterocycles. The number of carbonyl (C=O) groups excluding carboxylic acids is 1. The molecule has 2 aromatic rings. The number of ether oxygens (including phenoxy) is 1. The molecular weight excluding hydrogens is 399 g/mol. The van der Waals surface area contributed by atoms with E-state index in [0.29, 0.717) is 28.8 Å². The highest BCUT2D eigenvalue weighted by Gasteiger charge is 2.16. The minimum Gasteiger partial charge on any atom is -0.479 e. The Morgan fingerprint density at radius 2 is 1.85 bits per heavy atom. The van der Waals surface area contributed by atoms with Gasteiger partial charge < -0.3 is 10.1 Å². The number of primary sulfonamides is 1. The molecule has 1 atom stereocenters. The molecule has 140 valence electrons. The minimum atomic E-state index is -3.71. The zero-order valence-corrected chi connectivity index (χ0v) is 16.2. The third-order valence-electron chi connectivity index (χ3n) is 3.53. The largest absolute Gasteiger partial charge is 0.479 e. The number of hydrogen-bond donors (Lipinski definition) is 2. The summed E-state index contributed by atoms with van der Waals surface area (Å²) >= 11 is 11.8. The van der Waals surface area contributed by atoms with Gasteiger partial charge in [0.1, 0.15) is 5.75 Å². The Morgan fingerprint density at radius 3 is 2.42 bits per heavy atom. The molecule has 0 radical (unpaired) electrons. The van der Waals surface area contributed by atoms with Gasteiger partial charge in [0.15, 0.2) is 6.10 Å². The molecule has 0 bridgehead atoms. The van der Waals surface area contributed by atoms with Crippen LogP contribution in [-0.2, 0) is 21.2 Å². The van der Waals surface area contributed by atoms with E-state index in [0.717, 1.165) is 5.56 Å². The van der Waals surface area contributed by atoms with Gasteiger partial charge in [-0.3, -0.25) is 4.79 Å². The van der Waals surface area contributed by atoms with Crippen LogP contribution in [0.1, 0.15) is 12.5 Å². The Hall–Kier alpha value is -1.80. The van der Waals surface area contributed by atoms with Crippen LogP contribution in [0.15, 0.2) is 47.4 Å². The maximum Gasteiger partial charge on any atom is 0.260 e. The van der Waals surface area contributed by atoms with E-state index in [1.165, 1.54) is 18.2 Å². The maximum atomic E-state index is 12.1. The summed E-state index contributed by atoms with van der Waals surface area (Å²) in [5, 5.41) is 8.60. The zero-order chi connectivity index (χ0) is 19.3. The highest BCUT2D eigenvalue weighted by atomic mass is 35.5. The van der Waals surface area contributed by atoms with Crippen LogP contribution < -0.4 is 15.2 Å². The molecule has 0 saturated carbocycles. The fraction of sp³-hybridized carbons (Fsp3) is 0.235. The molecule has 3 N–H and O–H groups in total. The first-order valence-electron chi connectivity index (χ1n) is 7.68. The molecule has 9 heteroatoms. The first-order chi connectivity index (χ1) is 12.2. The van der Waals surface area contributed by atoms with Crippen LogP contribution in [0.4, 0.5) is 0 Å². The number of halogens is 2. The van der Waals surface area contributed by atoms with Gasteiger partial charge in [0.05, 0.1) is 9.92 Å². The molecule has 0 aliphatic rings. The van der Waals surface area contributed by atoms with Gasteiger partial charge in [-0.25, -0.2) is 13.6 Å². The van der Waals surface area contributed by atoms with Crippen LogP contribution in [0, 0.1) is 0 Å². The second-order valence-electron chi connectivity index (χ2n) is 5.56. The lowest BCUT2D eigenvalue weighted by atomic mass is 10.1. The molecule has 6 nitrogen and oxygen atoms in total. The third kappa shape index (κ3) is 5.88. The van der Waals surface area contributed by atoms with Crippen LogP contribution in [0.3, 0.4) is 0 Å². The SMILES string of the molecule is CC(Oc1ccc(Cl)cc1Cl)C(=O)NCCc1ccc(S(N)(=O)=O)cc1.